The molecule has 3 aromatic rings. The third-order valence-corrected chi connectivity index (χ3v) is 7.17. The summed E-state index contributed by atoms with van der Waals surface area (Å²) in [5.74, 6) is -0.0121. The number of benzene rings is 3. The van der Waals surface area contributed by atoms with Crippen molar-refractivity contribution in [2.24, 2.45) is 5.92 Å². The van der Waals surface area contributed by atoms with E-state index in [9.17, 15) is 10.1 Å². The van der Waals surface area contributed by atoms with Crippen LogP contribution in [0.1, 0.15) is 73.1 Å². The van der Waals surface area contributed by atoms with E-state index < -0.39 is 0 Å². The number of Topliss-reactive ketones (excluding diaryl/α,β-unsaturated/α-hetero) is 1. The lowest BCUT2D eigenvalue weighted by Crippen LogP contribution is -2.21. The summed E-state index contributed by atoms with van der Waals surface area (Å²) in [6, 6.07) is 24.4. The molecule has 0 spiro atoms. The van der Waals surface area contributed by atoms with Gasteiger partial charge in [0.15, 0.2) is 5.78 Å². The zero-order valence-electron chi connectivity index (χ0n) is 21.8. The number of nitrogens with zero attached hydrogens (tertiary/aromatic N) is 1. The van der Waals surface area contributed by atoms with Crippen LogP contribution in [-0.2, 0) is 17.6 Å². The summed E-state index contributed by atoms with van der Waals surface area (Å²) >= 11 is 0. The van der Waals surface area contributed by atoms with Crippen LogP contribution in [0.15, 0.2) is 72.8 Å². The maximum Gasteiger partial charge on any atom is 0.170 e. The van der Waals surface area contributed by atoms with Crippen molar-refractivity contribution in [2.75, 3.05) is 0 Å². The number of hydrogen-bond acceptors (Lipinski definition) is 3. The summed E-state index contributed by atoms with van der Waals surface area (Å²) in [6.45, 7) is 8.50. The Morgan fingerprint density at radius 3 is 2.36 bits per heavy atom. The van der Waals surface area contributed by atoms with Gasteiger partial charge in [0, 0.05) is 11.5 Å². The Hall–Kier alpha value is -3.48. The summed E-state index contributed by atoms with van der Waals surface area (Å²) in [5.41, 5.74) is 7.92. The molecule has 0 amide bonds. The fraction of sp³-hybridized carbons (Fsp3) is 0.333. The maximum atomic E-state index is 13.5. The molecule has 3 nitrogen and oxygen atoms in total. The molecule has 1 aliphatic carbocycles. The number of ketones is 1. The van der Waals surface area contributed by atoms with Crippen LogP contribution in [0.4, 0.5) is 0 Å². The van der Waals surface area contributed by atoms with Crippen LogP contribution in [-0.4, -0.2) is 18.0 Å². The monoisotopic (exact) mass is 477 g/mol. The number of fused-ring (bicyclic) bond motifs is 1. The third kappa shape index (κ3) is 5.83. The Kier molecular flexibility index (Phi) is 8.18. The van der Waals surface area contributed by atoms with Gasteiger partial charge >= 0.3 is 0 Å². The van der Waals surface area contributed by atoms with Crippen molar-refractivity contribution in [1.29, 1.82) is 5.26 Å². The fourth-order valence-electron chi connectivity index (χ4n) is 5.02. The number of aryl methyl sites for hydroxylation is 1. The van der Waals surface area contributed by atoms with E-state index in [1.54, 1.807) is 6.07 Å². The van der Waals surface area contributed by atoms with Crippen molar-refractivity contribution < 1.29 is 9.53 Å². The molecule has 0 heterocycles. The van der Waals surface area contributed by atoms with Crippen molar-refractivity contribution in [3.05, 3.63) is 101 Å². The van der Waals surface area contributed by atoms with Gasteiger partial charge in [0.05, 0.1) is 23.8 Å². The molecule has 4 rings (SSSR count). The van der Waals surface area contributed by atoms with E-state index in [4.69, 9.17) is 4.74 Å². The number of nitriles is 1. The van der Waals surface area contributed by atoms with Gasteiger partial charge in [-0.2, -0.15) is 5.26 Å². The van der Waals surface area contributed by atoms with Gasteiger partial charge in [0.1, 0.15) is 0 Å². The summed E-state index contributed by atoms with van der Waals surface area (Å²) in [6.07, 6.45) is 6.39. The highest BCUT2D eigenvalue weighted by molar-refractivity contribution is 6.08. The van der Waals surface area contributed by atoms with Gasteiger partial charge in [-0.15, -0.1) is 0 Å². The molecule has 0 saturated carbocycles. The van der Waals surface area contributed by atoms with Gasteiger partial charge in [0.2, 0.25) is 0 Å². The quantitative estimate of drug-likeness (QED) is 0.316. The first-order valence-electron chi connectivity index (χ1n) is 13.0. The summed E-state index contributed by atoms with van der Waals surface area (Å²) in [7, 11) is 0. The lowest BCUT2D eigenvalue weighted by molar-refractivity contribution is 0.00277. The highest BCUT2D eigenvalue weighted by Crippen LogP contribution is 2.38. The molecular weight excluding hydrogens is 442 g/mol. The zero-order chi connectivity index (χ0) is 25.7. The molecule has 0 bridgehead atoms. The molecule has 184 valence electrons. The van der Waals surface area contributed by atoms with E-state index in [1.165, 1.54) is 11.1 Å². The van der Waals surface area contributed by atoms with Gasteiger partial charge in [-0.1, -0.05) is 67.6 Å². The Labute approximate surface area is 215 Å². The molecule has 3 atom stereocenters. The standard InChI is InChI=1S/C33H35NO2/c1-5-23(3)36-24(4)12-13-25-14-16-26(17-15-25)19-29-18-22(2)32-30(10-7-11-31(32)33(29)35)28-9-6-8-27(20-28)21-34/h6-11,14-18,20,23-24,29H,5,12-13,19H2,1-4H3/t23-,24+,29?/m1/s1. The van der Waals surface area contributed by atoms with Crippen LogP contribution in [0.3, 0.4) is 0 Å². The number of carbonyl (C=O) groups excluding carboxylic acids is 1. The second kappa shape index (κ2) is 11.5. The van der Waals surface area contributed by atoms with Crippen LogP contribution >= 0.6 is 0 Å². The van der Waals surface area contributed by atoms with E-state index in [2.05, 4.69) is 64.1 Å². The van der Waals surface area contributed by atoms with Crippen LogP contribution in [0.5, 0.6) is 0 Å². The van der Waals surface area contributed by atoms with Gasteiger partial charge in [-0.05, 0) is 92.0 Å². The van der Waals surface area contributed by atoms with E-state index in [0.29, 0.717) is 18.1 Å². The van der Waals surface area contributed by atoms with Crippen molar-refractivity contribution in [1.82, 2.24) is 0 Å². The lowest BCUT2D eigenvalue weighted by atomic mass is 9.78. The molecule has 36 heavy (non-hydrogen) atoms. The Morgan fingerprint density at radius 1 is 0.944 bits per heavy atom. The predicted molar refractivity (Wildman–Crippen MR) is 147 cm³/mol. The van der Waals surface area contributed by atoms with Gasteiger partial charge < -0.3 is 4.74 Å². The van der Waals surface area contributed by atoms with Crippen LogP contribution in [0.25, 0.3) is 16.7 Å². The second-order valence-corrected chi connectivity index (χ2v) is 9.97. The summed E-state index contributed by atoms with van der Waals surface area (Å²) < 4.78 is 5.99. The predicted octanol–water partition coefficient (Wildman–Crippen LogP) is 7.82. The molecule has 0 N–H and O–H groups in total. The van der Waals surface area contributed by atoms with Crippen LogP contribution < -0.4 is 0 Å². The summed E-state index contributed by atoms with van der Waals surface area (Å²) in [5, 5.41) is 9.31. The maximum absolute atomic E-state index is 13.5. The van der Waals surface area contributed by atoms with Crippen molar-refractivity contribution >= 4 is 11.4 Å². The average molecular weight is 478 g/mol. The molecule has 3 heteroatoms. The lowest BCUT2D eigenvalue weighted by Gasteiger charge is -2.24. The molecule has 0 radical (unpaired) electrons. The first-order valence-corrected chi connectivity index (χ1v) is 13.0. The van der Waals surface area contributed by atoms with Crippen molar-refractivity contribution in [2.45, 2.75) is 65.6 Å². The minimum atomic E-state index is -0.173. The van der Waals surface area contributed by atoms with Crippen molar-refractivity contribution in [3.8, 4) is 17.2 Å². The first kappa shape index (κ1) is 25.6. The highest BCUT2D eigenvalue weighted by Gasteiger charge is 2.28. The number of carbonyl (C=O) groups is 1. The Balaban J connectivity index is 1.48. The average Bonchev–Trinajstić information content (AvgIpc) is 2.90. The summed E-state index contributed by atoms with van der Waals surface area (Å²) in [4.78, 5) is 13.5. The molecule has 0 aromatic heterocycles. The largest absolute Gasteiger partial charge is 0.376 e. The molecular formula is C33H35NO2. The molecule has 1 aliphatic rings. The van der Waals surface area contributed by atoms with E-state index >= 15 is 0 Å². The minimum absolute atomic E-state index is 0.161. The van der Waals surface area contributed by atoms with E-state index in [0.717, 1.165) is 47.1 Å². The topological polar surface area (TPSA) is 50.1 Å². The number of allylic oxidation sites excluding steroid dienone is 2. The molecule has 0 saturated heterocycles. The van der Waals surface area contributed by atoms with Gasteiger partial charge in [-0.25, -0.2) is 0 Å². The van der Waals surface area contributed by atoms with Gasteiger partial charge in [0.25, 0.3) is 0 Å². The Bertz CT molecular complexity index is 1300. The number of rotatable bonds is 9. The molecule has 1 unspecified atom stereocenters. The molecule has 0 fully saturated rings. The molecule has 0 aliphatic heterocycles. The number of ether oxygens (including phenoxy) is 1. The fourth-order valence-corrected chi connectivity index (χ4v) is 5.02. The SMILES string of the molecule is CC[C@@H](C)O[C@@H](C)CCc1ccc(CC2C=C(C)c3c(cccc3-c3cccc(C#N)c3)C2=O)cc1. The third-order valence-electron chi connectivity index (χ3n) is 7.17. The normalized spacial score (nSPS) is 16.6. The first-order chi connectivity index (χ1) is 17.4. The minimum Gasteiger partial charge on any atom is -0.376 e. The smallest absolute Gasteiger partial charge is 0.170 e. The van der Waals surface area contributed by atoms with Crippen LogP contribution in [0.2, 0.25) is 0 Å². The van der Waals surface area contributed by atoms with E-state index in [-0.39, 0.29) is 17.8 Å². The van der Waals surface area contributed by atoms with E-state index in [1.807, 2.05) is 36.4 Å². The molecule has 3 aromatic carbocycles. The highest BCUT2D eigenvalue weighted by atomic mass is 16.5. The second-order valence-electron chi connectivity index (χ2n) is 9.97. The van der Waals surface area contributed by atoms with Gasteiger partial charge in [-0.3, -0.25) is 4.79 Å². The Morgan fingerprint density at radius 2 is 1.64 bits per heavy atom. The number of hydrogen-bond donors (Lipinski definition) is 0. The van der Waals surface area contributed by atoms with Crippen molar-refractivity contribution in [3.63, 3.8) is 0 Å². The zero-order valence-corrected chi connectivity index (χ0v) is 21.8. The van der Waals surface area contributed by atoms with Crippen LogP contribution in [0, 0.1) is 17.2 Å².